The summed E-state index contributed by atoms with van der Waals surface area (Å²) in [5, 5.41) is 10.3. The first-order chi connectivity index (χ1) is 5.04. The van der Waals surface area contributed by atoms with Crippen molar-refractivity contribution in [3.8, 4) is 0 Å². The molecule has 1 heterocycles. The van der Waals surface area contributed by atoms with E-state index in [0.29, 0.717) is 0 Å². The largest absolute Gasteiger partial charge is 1.00 e. The summed E-state index contributed by atoms with van der Waals surface area (Å²) in [6.45, 7) is 0. The van der Waals surface area contributed by atoms with Crippen LogP contribution in [0.4, 0.5) is 0 Å². The molecule has 1 aromatic heterocycles. The van der Waals surface area contributed by atoms with E-state index >= 15 is 0 Å². The van der Waals surface area contributed by atoms with Gasteiger partial charge in [0.1, 0.15) is 4.34 Å². The molecule has 7 heteroatoms. The number of hydrogen-bond acceptors (Lipinski definition) is 3. The van der Waals surface area contributed by atoms with Gasteiger partial charge in [0.25, 0.3) is 0 Å². The minimum Gasteiger partial charge on any atom is -0.544 e. The molecule has 0 atom stereocenters. The Bertz CT molecular complexity index is 312. The van der Waals surface area contributed by atoms with Crippen molar-refractivity contribution in [1.82, 2.24) is 0 Å². The van der Waals surface area contributed by atoms with Crippen molar-refractivity contribution < 1.29 is 39.5 Å². The molecule has 12 heavy (non-hydrogen) atoms. The van der Waals surface area contributed by atoms with E-state index in [0.717, 1.165) is 11.3 Å². The first-order valence-electron chi connectivity index (χ1n) is 2.38. The molecule has 0 saturated carbocycles. The van der Waals surface area contributed by atoms with Gasteiger partial charge in [-0.25, -0.2) is 0 Å². The number of carboxylic acid groups (broad SMARTS) is 1. The molecule has 0 fully saturated rings. The quantitative estimate of drug-likeness (QED) is 0.607. The third-order valence-electron chi connectivity index (χ3n) is 0.942. The number of thiophene rings is 1. The van der Waals surface area contributed by atoms with Gasteiger partial charge in [-0.1, -0.05) is 34.8 Å². The third kappa shape index (κ3) is 2.51. The number of halogens is 3. The second-order valence-electron chi connectivity index (χ2n) is 1.62. The summed E-state index contributed by atoms with van der Waals surface area (Å²) in [5.41, 5.74) is 0. The predicted octanol–water partition coefficient (Wildman–Crippen LogP) is -0.924. The minimum absolute atomic E-state index is 0. The van der Waals surface area contributed by atoms with Crippen LogP contribution in [0.3, 0.4) is 0 Å². The number of hydrogen-bond donors (Lipinski definition) is 0. The van der Waals surface area contributed by atoms with E-state index < -0.39 is 5.97 Å². The molecule has 1 rings (SSSR count). The fraction of sp³-hybridized carbons (Fsp3) is 0. The molecule has 0 aromatic carbocycles. The van der Waals surface area contributed by atoms with Gasteiger partial charge >= 0.3 is 29.6 Å². The zero-order chi connectivity index (χ0) is 8.59. The van der Waals surface area contributed by atoms with Crippen LogP contribution in [-0.4, -0.2) is 5.97 Å². The molecule has 0 aliphatic rings. The summed E-state index contributed by atoms with van der Waals surface area (Å²) < 4.78 is 0.163. The molecule has 0 N–H and O–H groups in total. The summed E-state index contributed by atoms with van der Waals surface area (Å²) in [6.07, 6.45) is 0. The van der Waals surface area contributed by atoms with Crippen molar-refractivity contribution in [2.45, 2.75) is 0 Å². The minimum atomic E-state index is -1.37. The monoisotopic (exact) mass is 252 g/mol. The van der Waals surface area contributed by atoms with Gasteiger partial charge in [0, 0.05) is 0 Å². The van der Waals surface area contributed by atoms with Crippen molar-refractivity contribution in [2.24, 2.45) is 0 Å². The second-order valence-corrected chi connectivity index (χ2v) is 4.00. The molecule has 0 spiro atoms. The van der Waals surface area contributed by atoms with Gasteiger partial charge in [-0.2, -0.15) is 0 Å². The second kappa shape index (κ2) is 5.05. The maximum absolute atomic E-state index is 10.3. The van der Waals surface area contributed by atoms with E-state index in [9.17, 15) is 9.90 Å². The van der Waals surface area contributed by atoms with E-state index in [-0.39, 0.29) is 48.8 Å². The summed E-state index contributed by atoms with van der Waals surface area (Å²) in [6, 6.07) is 0. The molecule has 0 saturated heterocycles. The molecule has 60 valence electrons. The first-order valence-corrected chi connectivity index (χ1v) is 4.33. The molecule has 0 radical (unpaired) electrons. The van der Waals surface area contributed by atoms with Crippen LogP contribution in [0.25, 0.3) is 0 Å². The Kier molecular flexibility index (Phi) is 5.49. The van der Waals surface area contributed by atoms with E-state index in [1.807, 2.05) is 0 Å². The van der Waals surface area contributed by atoms with Crippen molar-refractivity contribution >= 4 is 52.1 Å². The molecule has 0 bridgehead atoms. The number of carbonyl (C=O) groups excluding carboxylic acids is 1. The van der Waals surface area contributed by atoms with Crippen molar-refractivity contribution in [3.63, 3.8) is 0 Å². The van der Waals surface area contributed by atoms with Crippen molar-refractivity contribution in [3.05, 3.63) is 19.3 Å². The predicted molar refractivity (Wildman–Crippen MR) is 43.7 cm³/mol. The maximum Gasteiger partial charge on any atom is 1.00 e. The fourth-order valence-corrected chi connectivity index (χ4v) is 2.13. The van der Waals surface area contributed by atoms with Crippen LogP contribution in [0.15, 0.2) is 0 Å². The molecule has 1 aromatic rings. The molecule has 0 amide bonds. The van der Waals surface area contributed by atoms with Crippen LogP contribution in [0.2, 0.25) is 14.4 Å². The van der Waals surface area contributed by atoms with E-state index in [4.69, 9.17) is 34.8 Å². The Morgan fingerprint density at radius 2 is 1.75 bits per heavy atom. The maximum atomic E-state index is 10.3. The molecular weight excluding hydrogens is 253 g/mol. The zero-order valence-electron chi connectivity index (χ0n) is 5.86. The van der Waals surface area contributed by atoms with Gasteiger partial charge in [-0.3, -0.25) is 0 Å². The first kappa shape index (κ1) is 13.0. The molecule has 0 aliphatic carbocycles. The molecule has 2 nitrogen and oxygen atoms in total. The van der Waals surface area contributed by atoms with Crippen LogP contribution in [0.5, 0.6) is 0 Å². The summed E-state index contributed by atoms with van der Waals surface area (Å²) in [7, 11) is 0. The van der Waals surface area contributed by atoms with Gasteiger partial charge in [-0.15, -0.1) is 11.3 Å². The number of carbonyl (C=O) groups is 1. The van der Waals surface area contributed by atoms with Crippen molar-refractivity contribution in [1.29, 1.82) is 0 Å². The van der Waals surface area contributed by atoms with Gasteiger partial charge in [0.05, 0.1) is 20.9 Å². The van der Waals surface area contributed by atoms with E-state index in [2.05, 4.69) is 0 Å². The number of aromatic carboxylic acids is 1. The average Bonchev–Trinajstić information content (AvgIpc) is 2.17. The normalized spacial score (nSPS) is 9.25. The smallest absolute Gasteiger partial charge is 0.544 e. The van der Waals surface area contributed by atoms with Gasteiger partial charge in [0.15, 0.2) is 0 Å². The molecule has 0 aliphatic heterocycles. The van der Waals surface area contributed by atoms with E-state index in [1.54, 1.807) is 0 Å². The Labute approximate surface area is 110 Å². The van der Waals surface area contributed by atoms with Gasteiger partial charge < -0.3 is 9.90 Å². The average molecular weight is 253 g/mol. The Hall–Kier alpha value is 1.04. The number of carboxylic acids is 1. The fourth-order valence-electron chi connectivity index (χ4n) is 0.496. The Balaban J connectivity index is 0.00000121. The van der Waals surface area contributed by atoms with Crippen LogP contribution in [-0.2, 0) is 0 Å². The molecular formula is C5Cl3NaO2S. The number of rotatable bonds is 1. The van der Waals surface area contributed by atoms with Crippen molar-refractivity contribution in [2.75, 3.05) is 0 Å². The van der Waals surface area contributed by atoms with Gasteiger partial charge in [0.2, 0.25) is 0 Å². The third-order valence-corrected chi connectivity index (χ3v) is 3.49. The Morgan fingerprint density at radius 1 is 1.25 bits per heavy atom. The standard InChI is InChI=1S/C5HCl3O2S.Na/c6-1-2(7)4(8)11-3(1)5(9)10;/h(H,9,10);/q;+1/p-1. The summed E-state index contributed by atoms with van der Waals surface area (Å²) in [4.78, 5) is 10.1. The topological polar surface area (TPSA) is 40.1 Å². The van der Waals surface area contributed by atoms with Crippen LogP contribution < -0.4 is 34.7 Å². The SMILES string of the molecule is O=C([O-])c1sc(Cl)c(Cl)c1Cl.[Na+]. The summed E-state index contributed by atoms with van der Waals surface area (Å²) in [5.74, 6) is -1.37. The summed E-state index contributed by atoms with van der Waals surface area (Å²) >= 11 is 17.3. The zero-order valence-corrected chi connectivity index (χ0v) is 10.9. The van der Waals surface area contributed by atoms with Crippen LogP contribution >= 0.6 is 46.1 Å². The molecule has 0 unspecified atom stereocenters. The van der Waals surface area contributed by atoms with Crippen LogP contribution in [0.1, 0.15) is 9.67 Å². The van der Waals surface area contributed by atoms with Gasteiger partial charge in [-0.05, 0) is 0 Å². The van der Waals surface area contributed by atoms with E-state index in [1.165, 1.54) is 0 Å². The Morgan fingerprint density at radius 3 is 1.92 bits per heavy atom. The van der Waals surface area contributed by atoms with Crippen LogP contribution in [0, 0.1) is 0 Å².